The standard InChI is InChI=1S/C18H18ClN3O2S/c1-12-13(2)22(11-14-6-5-7-15(19)10-14)18(20)17(12)25(23,24)16-8-3-4-9-21-16/h3-10,13,20H,11H2,1-2H3. The second-order valence-electron chi connectivity index (χ2n) is 5.97. The highest BCUT2D eigenvalue weighted by atomic mass is 35.5. The fraction of sp³-hybridized carbons (Fsp3) is 0.222. The van der Waals surface area contributed by atoms with Crippen molar-refractivity contribution >= 4 is 27.3 Å². The molecule has 0 saturated heterocycles. The molecule has 0 bridgehead atoms. The highest BCUT2D eigenvalue weighted by Gasteiger charge is 2.39. The molecule has 25 heavy (non-hydrogen) atoms. The Balaban J connectivity index is 1.96. The monoisotopic (exact) mass is 375 g/mol. The van der Waals surface area contributed by atoms with Crippen LogP contribution >= 0.6 is 11.6 Å². The van der Waals surface area contributed by atoms with Gasteiger partial charge < -0.3 is 4.90 Å². The summed E-state index contributed by atoms with van der Waals surface area (Å²) < 4.78 is 25.9. The second-order valence-corrected chi connectivity index (χ2v) is 8.24. The lowest BCUT2D eigenvalue weighted by atomic mass is 10.1. The molecule has 1 atom stereocenters. The molecule has 0 saturated carbocycles. The number of hydrogen-bond donors (Lipinski definition) is 1. The predicted molar refractivity (Wildman–Crippen MR) is 98.3 cm³/mol. The molecule has 3 rings (SSSR count). The first-order valence-electron chi connectivity index (χ1n) is 7.79. The minimum Gasteiger partial charge on any atom is -0.345 e. The van der Waals surface area contributed by atoms with Gasteiger partial charge in [0, 0.05) is 17.8 Å². The molecule has 1 unspecified atom stereocenters. The first-order chi connectivity index (χ1) is 11.8. The number of aromatic nitrogens is 1. The molecule has 0 amide bonds. The average molecular weight is 376 g/mol. The molecule has 1 aromatic heterocycles. The third kappa shape index (κ3) is 3.19. The molecule has 0 spiro atoms. The van der Waals surface area contributed by atoms with Crippen LogP contribution < -0.4 is 0 Å². The minimum atomic E-state index is -3.83. The third-order valence-corrected chi connectivity index (χ3v) is 6.46. The highest BCUT2D eigenvalue weighted by molar-refractivity contribution is 7.96. The second kappa shape index (κ2) is 6.61. The molecule has 7 heteroatoms. The van der Waals surface area contributed by atoms with Crippen molar-refractivity contribution in [3.05, 3.63) is 69.7 Å². The number of hydrogen-bond acceptors (Lipinski definition) is 4. The van der Waals surface area contributed by atoms with Crippen LogP contribution in [0.2, 0.25) is 5.02 Å². The normalized spacial score (nSPS) is 18.1. The maximum Gasteiger partial charge on any atom is 0.227 e. The Bertz CT molecular complexity index is 955. The van der Waals surface area contributed by atoms with Crippen molar-refractivity contribution in [2.45, 2.75) is 31.5 Å². The topological polar surface area (TPSA) is 74.1 Å². The highest BCUT2D eigenvalue weighted by Crippen LogP contribution is 2.33. The van der Waals surface area contributed by atoms with Gasteiger partial charge in [-0.2, -0.15) is 0 Å². The van der Waals surface area contributed by atoms with E-state index in [2.05, 4.69) is 4.98 Å². The Kier molecular flexibility index (Phi) is 4.67. The van der Waals surface area contributed by atoms with Crippen molar-refractivity contribution in [1.82, 2.24) is 9.88 Å². The molecule has 1 N–H and O–H groups in total. The summed E-state index contributed by atoms with van der Waals surface area (Å²) in [6.07, 6.45) is 1.44. The fourth-order valence-electron chi connectivity index (χ4n) is 2.93. The molecule has 5 nitrogen and oxygen atoms in total. The first kappa shape index (κ1) is 17.6. The molecular weight excluding hydrogens is 358 g/mol. The number of nitrogens with one attached hydrogen (secondary N) is 1. The number of amidine groups is 1. The van der Waals surface area contributed by atoms with E-state index in [1.807, 2.05) is 25.1 Å². The summed E-state index contributed by atoms with van der Waals surface area (Å²) in [5, 5.41) is 9.04. The molecule has 0 aliphatic carbocycles. The number of rotatable bonds is 4. The van der Waals surface area contributed by atoms with E-state index < -0.39 is 9.84 Å². The predicted octanol–water partition coefficient (Wildman–Crippen LogP) is 3.66. The van der Waals surface area contributed by atoms with Crippen molar-refractivity contribution in [2.24, 2.45) is 0 Å². The molecule has 1 aliphatic heterocycles. The van der Waals surface area contributed by atoms with Crippen LogP contribution in [0, 0.1) is 5.41 Å². The van der Waals surface area contributed by atoms with Crippen LogP contribution in [0.4, 0.5) is 0 Å². The SMILES string of the molecule is CC1=C(S(=O)(=O)c2ccccn2)C(=N)N(Cc2cccc(Cl)c2)C1C. The zero-order valence-corrected chi connectivity index (χ0v) is 15.5. The number of sulfone groups is 1. The zero-order chi connectivity index (χ0) is 18.2. The Morgan fingerprint density at radius 3 is 2.64 bits per heavy atom. The lowest BCUT2D eigenvalue weighted by Crippen LogP contribution is -2.33. The van der Waals surface area contributed by atoms with Gasteiger partial charge in [0.15, 0.2) is 5.03 Å². The number of pyridine rings is 1. The van der Waals surface area contributed by atoms with Gasteiger partial charge in [-0.1, -0.05) is 29.8 Å². The van der Waals surface area contributed by atoms with Crippen LogP contribution in [-0.2, 0) is 16.4 Å². The lowest BCUT2D eigenvalue weighted by Gasteiger charge is -2.25. The molecule has 0 fully saturated rings. The van der Waals surface area contributed by atoms with E-state index in [9.17, 15) is 8.42 Å². The van der Waals surface area contributed by atoms with E-state index in [0.29, 0.717) is 17.1 Å². The van der Waals surface area contributed by atoms with Gasteiger partial charge in [0.25, 0.3) is 0 Å². The summed E-state index contributed by atoms with van der Waals surface area (Å²) in [5.74, 6) is -0.00405. The van der Waals surface area contributed by atoms with Crippen molar-refractivity contribution < 1.29 is 8.42 Å². The van der Waals surface area contributed by atoms with E-state index >= 15 is 0 Å². The Hall–Kier alpha value is -2.18. The van der Waals surface area contributed by atoms with Crippen LogP contribution in [0.5, 0.6) is 0 Å². The van der Waals surface area contributed by atoms with Gasteiger partial charge in [0.1, 0.15) is 10.7 Å². The summed E-state index contributed by atoms with van der Waals surface area (Å²) in [5.41, 5.74) is 1.58. The lowest BCUT2D eigenvalue weighted by molar-refractivity contribution is 0.371. The Morgan fingerprint density at radius 1 is 1.24 bits per heavy atom. The van der Waals surface area contributed by atoms with Crippen molar-refractivity contribution in [3.8, 4) is 0 Å². The third-order valence-electron chi connectivity index (χ3n) is 4.38. The summed E-state index contributed by atoms with van der Waals surface area (Å²) in [4.78, 5) is 5.76. The van der Waals surface area contributed by atoms with Crippen LogP contribution in [0.3, 0.4) is 0 Å². The van der Waals surface area contributed by atoms with E-state index in [1.54, 1.807) is 30.0 Å². The van der Waals surface area contributed by atoms with E-state index in [1.165, 1.54) is 12.3 Å². The van der Waals surface area contributed by atoms with Crippen LogP contribution in [-0.4, -0.2) is 30.2 Å². The maximum absolute atomic E-state index is 12.9. The van der Waals surface area contributed by atoms with Crippen molar-refractivity contribution in [1.29, 1.82) is 5.41 Å². The van der Waals surface area contributed by atoms with E-state index in [0.717, 1.165) is 5.56 Å². The van der Waals surface area contributed by atoms with Gasteiger partial charge in [-0.3, -0.25) is 5.41 Å². The van der Waals surface area contributed by atoms with Gasteiger partial charge in [0.2, 0.25) is 9.84 Å². The first-order valence-corrected chi connectivity index (χ1v) is 9.65. The quantitative estimate of drug-likeness (QED) is 0.884. The smallest absolute Gasteiger partial charge is 0.227 e. The van der Waals surface area contributed by atoms with Gasteiger partial charge >= 0.3 is 0 Å². The van der Waals surface area contributed by atoms with E-state index in [4.69, 9.17) is 17.0 Å². The number of nitrogens with zero attached hydrogens (tertiary/aromatic N) is 2. The summed E-state index contributed by atoms with van der Waals surface area (Å²) >= 11 is 6.03. The van der Waals surface area contributed by atoms with Gasteiger partial charge in [-0.15, -0.1) is 0 Å². The molecule has 1 aliphatic rings. The summed E-state index contributed by atoms with van der Waals surface area (Å²) in [6, 6.07) is 11.9. The number of benzene rings is 1. The summed E-state index contributed by atoms with van der Waals surface area (Å²) in [6.45, 7) is 4.07. The van der Waals surface area contributed by atoms with Crippen LogP contribution in [0.25, 0.3) is 0 Å². The minimum absolute atomic E-state index is 0.00405. The van der Waals surface area contributed by atoms with E-state index in [-0.39, 0.29) is 21.8 Å². The Morgan fingerprint density at radius 2 is 2.00 bits per heavy atom. The molecule has 2 aromatic rings. The Labute approximate surface area is 152 Å². The average Bonchev–Trinajstić information content (AvgIpc) is 2.80. The zero-order valence-electron chi connectivity index (χ0n) is 13.9. The van der Waals surface area contributed by atoms with Gasteiger partial charge in [-0.05, 0) is 49.2 Å². The summed E-state index contributed by atoms with van der Waals surface area (Å²) in [7, 11) is -3.83. The fourth-order valence-corrected chi connectivity index (χ4v) is 4.78. The van der Waals surface area contributed by atoms with Gasteiger partial charge in [-0.25, -0.2) is 13.4 Å². The maximum atomic E-state index is 12.9. The number of halogens is 1. The largest absolute Gasteiger partial charge is 0.345 e. The van der Waals surface area contributed by atoms with Gasteiger partial charge in [0.05, 0.1) is 6.04 Å². The van der Waals surface area contributed by atoms with Crippen LogP contribution in [0.1, 0.15) is 19.4 Å². The molecular formula is C18H18ClN3O2S. The van der Waals surface area contributed by atoms with Crippen molar-refractivity contribution in [3.63, 3.8) is 0 Å². The van der Waals surface area contributed by atoms with Crippen LogP contribution in [0.15, 0.2) is 64.2 Å². The molecule has 2 heterocycles. The molecule has 1 aromatic carbocycles. The van der Waals surface area contributed by atoms with Crippen molar-refractivity contribution in [2.75, 3.05) is 0 Å². The molecule has 130 valence electrons. The molecule has 0 radical (unpaired) electrons.